The Morgan fingerprint density at radius 1 is 1.09 bits per heavy atom. The molecule has 5 heteroatoms. The number of fused-ring (bicyclic) bond motifs is 1. The van der Waals surface area contributed by atoms with E-state index in [-0.39, 0.29) is 22.5 Å². The quantitative estimate of drug-likeness (QED) is 0.788. The van der Waals surface area contributed by atoms with Crippen LogP contribution in [0.4, 0.5) is 0 Å². The molecule has 0 unspecified atom stereocenters. The summed E-state index contributed by atoms with van der Waals surface area (Å²) >= 11 is 0. The lowest BCUT2D eigenvalue weighted by Gasteiger charge is -2.42. The molecule has 0 spiro atoms. The molecule has 2 aliphatic rings. The van der Waals surface area contributed by atoms with Crippen molar-refractivity contribution in [2.24, 2.45) is 17.3 Å². The van der Waals surface area contributed by atoms with Gasteiger partial charge in [0.25, 0.3) is 11.8 Å². The van der Waals surface area contributed by atoms with Crippen molar-refractivity contribution in [1.82, 2.24) is 5.06 Å². The van der Waals surface area contributed by atoms with E-state index in [4.69, 9.17) is 4.84 Å². The molecule has 22 heavy (non-hydrogen) atoms. The van der Waals surface area contributed by atoms with Crippen molar-refractivity contribution in [3.8, 4) is 0 Å². The molecule has 1 aliphatic heterocycles. The predicted octanol–water partition coefficient (Wildman–Crippen LogP) is 2.81. The Labute approximate surface area is 129 Å². The van der Waals surface area contributed by atoms with Crippen LogP contribution in [0, 0.1) is 17.3 Å². The summed E-state index contributed by atoms with van der Waals surface area (Å²) in [5.41, 5.74) is 0.717. The van der Waals surface area contributed by atoms with E-state index in [1.54, 1.807) is 24.3 Å². The zero-order valence-corrected chi connectivity index (χ0v) is 13.0. The van der Waals surface area contributed by atoms with Gasteiger partial charge in [-0.15, -0.1) is 0 Å². The minimum absolute atomic E-state index is 0.159. The van der Waals surface area contributed by atoms with Crippen LogP contribution < -0.4 is 0 Å². The molecule has 1 aromatic carbocycles. The second kappa shape index (κ2) is 4.93. The van der Waals surface area contributed by atoms with E-state index in [1.807, 2.05) is 0 Å². The predicted molar refractivity (Wildman–Crippen MR) is 78.7 cm³/mol. The minimum atomic E-state index is -0.569. The highest BCUT2D eigenvalue weighted by Crippen LogP contribution is 2.45. The average molecular weight is 301 g/mol. The third-order valence-electron chi connectivity index (χ3n) is 4.63. The number of carbonyl (C=O) groups is 3. The monoisotopic (exact) mass is 301 g/mol. The Morgan fingerprint density at radius 3 is 2.05 bits per heavy atom. The average Bonchev–Trinajstić information content (AvgIpc) is 2.61. The molecule has 0 aromatic heterocycles. The summed E-state index contributed by atoms with van der Waals surface area (Å²) in [5.74, 6) is -1.39. The standard InChI is InChI=1S/C17H19NO4/c1-17(2,3)11-8-10(9-11)16(21)22-18-14(19)12-6-4-5-7-13(12)15(18)20/h4-7,10-11H,8-9H2,1-3H3. The summed E-state index contributed by atoms with van der Waals surface area (Å²) in [6.07, 6.45) is 1.48. The van der Waals surface area contributed by atoms with Gasteiger partial charge in [-0.25, -0.2) is 4.79 Å². The maximum absolute atomic E-state index is 12.1. The van der Waals surface area contributed by atoms with Gasteiger partial charge in [0.15, 0.2) is 0 Å². The van der Waals surface area contributed by atoms with Crippen molar-refractivity contribution in [2.45, 2.75) is 33.6 Å². The van der Waals surface area contributed by atoms with Gasteiger partial charge in [-0.3, -0.25) is 9.59 Å². The molecular weight excluding hydrogens is 282 g/mol. The first-order chi connectivity index (χ1) is 10.3. The molecule has 1 fully saturated rings. The third-order valence-corrected chi connectivity index (χ3v) is 4.63. The van der Waals surface area contributed by atoms with Crippen LogP contribution in [-0.2, 0) is 9.63 Å². The van der Waals surface area contributed by atoms with Gasteiger partial charge in [-0.05, 0) is 36.3 Å². The van der Waals surface area contributed by atoms with Crippen LogP contribution in [0.2, 0.25) is 0 Å². The molecule has 0 radical (unpaired) electrons. The number of benzene rings is 1. The van der Waals surface area contributed by atoms with Crippen LogP contribution in [0.3, 0.4) is 0 Å². The normalized spacial score (nSPS) is 24.0. The van der Waals surface area contributed by atoms with E-state index in [2.05, 4.69) is 20.8 Å². The van der Waals surface area contributed by atoms with E-state index in [0.717, 1.165) is 12.8 Å². The number of imide groups is 1. The highest BCUT2D eigenvalue weighted by Gasteiger charge is 2.45. The number of nitrogens with zero attached hydrogens (tertiary/aromatic N) is 1. The summed E-state index contributed by atoms with van der Waals surface area (Å²) in [6, 6.07) is 6.47. The summed E-state index contributed by atoms with van der Waals surface area (Å²) < 4.78 is 0. The van der Waals surface area contributed by atoms with Crippen molar-refractivity contribution in [2.75, 3.05) is 0 Å². The molecule has 0 atom stereocenters. The van der Waals surface area contributed by atoms with Gasteiger partial charge in [-0.2, -0.15) is 0 Å². The molecule has 2 amide bonds. The van der Waals surface area contributed by atoms with E-state index in [0.29, 0.717) is 11.0 Å². The molecule has 0 bridgehead atoms. The van der Waals surface area contributed by atoms with Crippen LogP contribution in [-0.4, -0.2) is 22.8 Å². The molecule has 1 aromatic rings. The summed E-state index contributed by atoms with van der Waals surface area (Å²) in [6.45, 7) is 6.43. The first-order valence-electron chi connectivity index (χ1n) is 7.48. The van der Waals surface area contributed by atoms with Crippen molar-refractivity contribution < 1.29 is 19.2 Å². The number of rotatable bonds is 2. The van der Waals surface area contributed by atoms with Crippen LogP contribution in [0.25, 0.3) is 0 Å². The van der Waals surface area contributed by atoms with Gasteiger partial charge >= 0.3 is 5.97 Å². The highest BCUT2D eigenvalue weighted by atomic mass is 16.7. The Balaban J connectivity index is 1.65. The number of hydrogen-bond donors (Lipinski definition) is 0. The molecular formula is C17H19NO4. The van der Waals surface area contributed by atoms with E-state index < -0.39 is 17.8 Å². The van der Waals surface area contributed by atoms with E-state index >= 15 is 0 Å². The minimum Gasteiger partial charge on any atom is -0.329 e. The molecule has 0 saturated heterocycles. The molecule has 116 valence electrons. The van der Waals surface area contributed by atoms with Gasteiger partial charge in [-0.1, -0.05) is 38.0 Å². The molecule has 3 rings (SSSR count). The topological polar surface area (TPSA) is 63.7 Å². The van der Waals surface area contributed by atoms with Crippen LogP contribution in [0.5, 0.6) is 0 Å². The first kappa shape index (κ1) is 14.8. The molecule has 5 nitrogen and oxygen atoms in total. The largest absolute Gasteiger partial charge is 0.336 e. The van der Waals surface area contributed by atoms with Gasteiger partial charge in [0.05, 0.1) is 17.0 Å². The van der Waals surface area contributed by atoms with Crippen molar-refractivity contribution in [1.29, 1.82) is 0 Å². The van der Waals surface area contributed by atoms with Gasteiger partial charge < -0.3 is 4.84 Å². The zero-order valence-electron chi connectivity index (χ0n) is 13.0. The Morgan fingerprint density at radius 2 is 1.59 bits per heavy atom. The van der Waals surface area contributed by atoms with Crippen LogP contribution in [0.15, 0.2) is 24.3 Å². The van der Waals surface area contributed by atoms with Crippen molar-refractivity contribution >= 4 is 17.8 Å². The third kappa shape index (κ3) is 2.30. The fourth-order valence-corrected chi connectivity index (χ4v) is 2.93. The SMILES string of the molecule is CC(C)(C)C1CC(C(=O)ON2C(=O)c3ccccc3C2=O)C1. The van der Waals surface area contributed by atoms with Gasteiger partial charge in [0.1, 0.15) is 0 Å². The van der Waals surface area contributed by atoms with E-state index in [9.17, 15) is 14.4 Å². The highest BCUT2D eigenvalue weighted by molar-refractivity contribution is 6.20. The van der Waals surface area contributed by atoms with Crippen molar-refractivity contribution in [3.63, 3.8) is 0 Å². The Hall–Kier alpha value is -2.17. The summed E-state index contributed by atoms with van der Waals surface area (Å²) in [7, 11) is 0. The van der Waals surface area contributed by atoms with Crippen LogP contribution in [0.1, 0.15) is 54.3 Å². The molecule has 1 aliphatic carbocycles. The van der Waals surface area contributed by atoms with Gasteiger partial charge in [0.2, 0.25) is 0 Å². The van der Waals surface area contributed by atoms with Crippen LogP contribution >= 0.6 is 0 Å². The second-order valence-electron chi connectivity index (χ2n) is 7.09. The number of hydroxylamine groups is 2. The maximum atomic E-state index is 12.1. The Bertz CT molecular complexity index is 618. The van der Waals surface area contributed by atoms with Gasteiger partial charge in [0, 0.05) is 0 Å². The zero-order chi connectivity index (χ0) is 16.1. The molecule has 1 saturated carbocycles. The summed E-state index contributed by atoms with van der Waals surface area (Å²) in [5, 5.41) is 0.595. The number of amides is 2. The summed E-state index contributed by atoms with van der Waals surface area (Å²) in [4.78, 5) is 41.5. The lowest BCUT2D eigenvalue weighted by Crippen LogP contribution is -2.42. The first-order valence-corrected chi connectivity index (χ1v) is 7.48. The van der Waals surface area contributed by atoms with E-state index in [1.165, 1.54) is 0 Å². The lowest BCUT2D eigenvalue weighted by atomic mass is 9.63. The van der Waals surface area contributed by atoms with Crippen molar-refractivity contribution in [3.05, 3.63) is 35.4 Å². The molecule has 1 heterocycles. The Kier molecular flexibility index (Phi) is 3.31. The fraction of sp³-hybridized carbons (Fsp3) is 0.471. The number of carbonyl (C=O) groups excluding carboxylic acids is 3. The lowest BCUT2D eigenvalue weighted by molar-refractivity contribution is -0.180. The fourth-order valence-electron chi connectivity index (χ4n) is 2.93. The number of hydrogen-bond acceptors (Lipinski definition) is 4. The smallest absolute Gasteiger partial charge is 0.329 e. The molecule has 0 N–H and O–H groups in total. The second-order valence-corrected chi connectivity index (χ2v) is 7.09. The maximum Gasteiger partial charge on any atom is 0.336 e.